The minimum atomic E-state index is -2.26. The molecule has 4 aromatic rings. The fourth-order valence-electron chi connectivity index (χ4n) is 6.56. The minimum absolute atomic E-state index is 0. The zero-order valence-corrected chi connectivity index (χ0v) is 30.4. The van der Waals surface area contributed by atoms with E-state index >= 15 is 0 Å². The van der Waals surface area contributed by atoms with Crippen molar-refractivity contribution in [2.75, 3.05) is 0 Å². The summed E-state index contributed by atoms with van der Waals surface area (Å²) in [4.78, 5) is 0. The number of halogens is 2. The Bertz CT molecular complexity index is 1640. The summed E-state index contributed by atoms with van der Waals surface area (Å²) in [5.41, 5.74) is 14.4. The molecule has 6 rings (SSSR count). The molecule has 0 radical (unpaired) electrons. The second-order valence-electron chi connectivity index (χ2n) is 14.4. The van der Waals surface area contributed by atoms with Gasteiger partial charge in [0.1, 0.15) is 0 Å². The average Bonchev–Trinajstić information content (AvgIpc) is 3.58. The quantitative estimate of drug-likeness (QED) is 0.280. The number of allylic oxidation sites excluding steroid dienone is 4. The van der Waals surface area contributed by atoms with Crippen LogP contribution in [0.3, 0.4) is 0 Å². The predicted molar refractivity (Wildman–Crippen MR) is 179 cm³/mol. The zero-order chi connectivity index (χ0) is 29.8. The largest absolute Gasteiger partial charge is 1.00 e. The number of hydrogen-bond acceptors (Lipinski definition) is 0. The van der Waals surface area contributed by atoms with Crippen LogP contribution in [0.15, 0.2) is 107 Å². The van der Waals surface area contributed by atoms with Crippen molar-refractivity contribution in [3.05, 3.63) is 152 Å². The molecular weight excluding hydrogens is 611 g/mol. The molecule has 0 bridgehead atoms. The standard InChI is InChI=1S/C21H25.C15H14.C5H5.2ClH.Ti/c1-20(2,3)16-7-9-18-14(12-16)11-15-13-17(21(4,5)6)8-10-19(15)18;1-12-3-7-14(8-4-12)11-15-9-5-13(2)6-10-15;1-2-4-5-3-1;;;/h7-13H,1-6H3;3-10H,1-2H3;1-3H,4H2;2*1H;/q;;;;;+2/p-2. The van der Waals surface area contributed by atoms with Crippen LogP contribution in [0.2, 0.25) is 0 Å². The Kier molecular flexibility index (Phi) is 10.2. The molecule has 0 unspecified atom stereocenters. The van der Waals surface area contributed by atoms with Crippen molar-refractivity contribution in [1.82, 2.24) is 0 Å². The Hall–Kier alpha value is -2.48. The molecule has 0 heterocycles. The van der Waals surface area contributed by atoms with E-state index in [0.717, 1.165) is 6.42 Å². The maximum absolute atomic E-state index is 2.58. The molecule has 2 aliphatic carbocycles. The molecule has 0 saturated carbocycles. The van der Waals surface area contributed by atoms with E-state index < -0.39 is 17.4 Å². The van der Waals surface area contributed by atoms with E-state index in [9.17, 15) is 0 Å². The van der Waals surface area contributed by atoms with Crippen LogP contribution in [-0.4, -0.2) is 3.81 Å². The van der Waals surface area contributed by atoms with Crippen molar-refractivity contribution in [2.45, 2.75) is 76.9 Å². The fraction of sp³-hybridized carbons (Fsp3) is 0.293. The van der Waals surface area contributed by atoms with Crippen molar-refractivity contribution in [1.29, 1.82) is 0 Å². The third-order valence-electron chi connectivity index (χ3n) is 9.10. The van der Waals surface area contributed by atoms with E-state index in [1.807, 2.05) is 0 Å². The van der Waals surface area contributed by atoms with Gasteiger partial charge in [-0.1, -0.05) is 0 Å². The molecule has 2 aliphatic rings. The summed E-state index contributed by atoms with van der Waals surface area (Å²) in [5.74, 6) is 0. The van der Waals surface area contributed by atoms with Gasteiger partial charge in [0.05, 0.1) is 0 Å². The molecule has 0 aliphatic heterocycles. The summed E-state index contributed by atoms with van der Waals surface area (Å²) < 4.78 is 3.65. The normalized spacial score (nSPS) is 13.7. The van der Waals surface area contributed by atoms with Crippen LogP contribution in [0, 0.1) is 13.8 Å². The van der Waals surface area contributed by atoms with E-state index in [-0.39, 0.29) is 35.6 Å². The van der Waals surface area contributed by atoms with Gasteiger partial charge in [0.15, 0.2) is 0 Å². The van der Waals surface area contributed by atoms with Crippen molar-refractivity contribution < 1.29 is 42.2 Å². The topological polar surface area (TPSA) is 0 Å². The molecule has 0 saturated heterocycles. The predicted octanol–water partition coefficient (Wildman–Crippen LogP) is 4.71. The molecule has 3 heteroatoms. The average molecular weight is 656 g/mol. The van der Waals surface area contributed by atoms with Crippen molar-refractivity contribution >= 4 is 3.81 Å². The Balaban J connectivity index is 0.00000221. The number of rotatable bonds is 4. The SMILES string of the molecule is Cc1ccc([C](c2ccc(C)cc2)=[Ti+2]([C]2=CC=CC2)[CH]2c3cc(C(C)(C)C)ccc3-c3ccc(C(C)(C)C)cc32)cc1.[Cl-].[Cl-]. The third-order valence-corrected chi connectivity index (χ3v) is 14.4. The van der Waals surface area contributed by atoms with Gasteiger partial charge in [-0.3, -0.25) is 0 Å². The number of aryl methyl sites for hydroxylation is 2. The molecule has 0 atom stereocenters. The molecule has 4 aromatic carbocycles. The molecule has 44 heavy (non-hydrogen) atoms. The summed E-state index contributed by atoms with van der Waals surface area (Å²) >= 11 is -2.26. The van der Waals surface area contributed by atoms with Gasteiger partial charge in [0.25, 0.3) is 0 Å². The number of benzene rings is 4. The number of hydrogen-bond donors (Lipinski definition) is 0. The first-order valence-corrected chi connectivity index (χ1v) is 17.9. The first-order valence-electron chi connectivity index (χ1n) is 15.5. The Morgan fingerprint density at radius 3 is 1.41 bits per heavy atom. The zero-order valence-electron chi connectivity index (χ0n) is 27.4. The van der Waals surface area contributed by atoms with Crippen molar-refractivity contribution in [3.8, 4) is 11.1 Å². The molecule has 0 N–H and O–H groups in total. The van der Waals surface area contributed by atoms with E-state index in [2.05, 4.69) is 159 Å². The van der Waals surface area contributed by atoms with Crippen LogP contribution < -0.4 is 24.8 Å². The van der Waals surface area contributed by atoms with Gasteiger partial charge in [0.2, 0.25) is 0 Å². The van der Waals surface area contributed by atoms with E-state index in [0.29, 0.717) is 4.22 Å². The fourth-order valence-corrected chi connectivity index (χ4v) is 12.3. The molecule has 0 fully saturated rings. The minimum Gasteiger partial charge on any atom is -1.00 e. The van der Waals surface area contributed by atoms with Gasteiger partial charge < -0.3 is 24.8 Å². The molecule has 226 valence electrons. The molecule has 0 amide bonds. The van der Waals surface area contributed by atoms with Gasteiger partial charge in [-0.2, -0.15) is 0 Å². The maximum atomic E-state index is 2.58. The molecular formula is C41H44Cl2Ti. The molecule has 0 spiro atoms. The monoisotopic (exact) mass is 654 g/mol. The van der Waals surface area contributed by atoms with E-state index in [4.69, 9.17) is 0 Å². The van der Waals surface area contributed by atoms with Crippen molar-refractivity contribution in [3.63, 3.8) is 0 Å². The summed E-state index contributed by atoms with van der Waals surface area (Å²) in [5, 5.41) is 0. The van der Waals surface area contributed by atoms with Crippen LogP contribution in [0.4, 0.5) is 0 Å². The first kappa shape index (κ1) is 34.4. The first-order chi connectivity index (χ1) is 19.9. The van der Waals surface area contributed by atoms with E-state index in [1.54, 1.807) is 18.8 Å². The molecule has 0 aromatic heterocycles. The van der Waals surface area contributed by atoms with Crippen molar-refractivity contribution in [2.24, 2.45) is 0 Å². The van der Waals surface area contributed by atoms with E-state index in [1.165, 1.54) is 44.5 Å². The third kappa shape index (κ3) is 6.57. The van der Waals surface area contributed by atoms with Crippen LogP contribution in [-0.2, 0) is 28.2 Å². The van der Waals surface area contributed by atoms with Crippen LogP contribution >= 0.6 is 0 Å². The van der Waals surface area contributed by atoms with Gasteiger partial charge in [-0.25, -0.2) is 0 Å². The summed E-state index contributed by atoms with van der Waals surface area (Å²) in [7, 11) is 0. The Morgan fingerprint density at radius 1 is 0.614 bits per heavy atom. The maximum Gasteiger partial charge on any atom is -1.00 e. The Labute approximate surface area is 283 Å². The summed E-state index contributed by atoms with van der Waals surface area (Å²) in [6.45, 7) is 18.5. The van der Waals surface area contributed by atoms with Gasteiger partial charge in [-0.15, -0.1) is 0 Å². The smallest absolute Gasteiger partial charge is 1.00 e. The summed E-state index contributed by atoms with van der Waals surface area (Å²) in [6.07, 6.45) is 8.21. The van der Waals surface area contributed by atoms with Gasteiger partial charge in [0, 0.05) is 0 Å². The second-order valence-corrected chi connectivity index (χ2v) is 18.4. The Morgan fingerprint density at radius 2 is 1.05 bits per heavy atom. The van der Waals surface area contributed by atoms with Gasteiger partial charge >= 0.3 is 261 Å². The van der Waals surface area contributed by atoms with Crippen LogP contribution in [0.1, 0.15) is 96.7 Å². The van der Waals surface area contributed by atoms with Crippen LogP contribution in [0.25, 0.3) is 11.1 Å². The summed E-state index contributed by atoms with van der Waals surface area (Å²) in [6, 6.07) is 33.5. The van der Waals surface area contributed by atoms with Crippen LogP contribution in [0.5, 0.6) is 0 Å². The number of fused-ring (bicyclic) bond motifs is 3. The molecule has 0 nitrogen and oxygen atoms in total. The van der Waals surface area contributed by atoms with Gasteiger partial charge in [-0.05, 0) is 0 Å². The second kappa shape index (κ2) is 13.1.